The Kier molecular flexibility index (Phi) is 5.91. The number of para-hydroxylation sites is 1. The van der Waals surface area contributed by atoms with Gasteiger partial charge in [-0.3, -0.25) is 10.1 Å². The summed E-state index contributed by atoms with van der Waals surface area (Å²) in [6.07, 6.45) is 1.52. The van der Waals surface area contributed by atoms with Crippen LogP contribution in [0, 0.1) is 0 Å². The number of imide groups is 1. The molecule has 0 unspecified atom stereocenters. The number of hydrogen-bond donors (Lipinski definition) is 2. The van der Waals surface area contributed by atoms with E-state index in [1.54, 1.807) is 19.2 Å². The number of nitrogens with one attached hydrogen (secondary N) is 2. The van der Waals surface area contributed by atoms with Gasteiger partial charge in [0.05, 0.1) is 25.7 Å². The molecule has 0 aliphatic heterocycles. The van der Waals surface area contributed by atoms with Gasteiger partial charge in [-0.25, -0.2) is 4.79 Å². The number of carbonyl (C=O) groups excluding carboxylic acids is 2. The SMILES string of the molecule is COc1ccccc1SCC(=O)NC(=O)NCc1ccco1. The molecule has 1 aromatic heterocycles. The highest BCUT2D eigenvalue weighted by Gasteiger charge is 2.10. The molecule has 0 fully saturated rings. The van der Waals surface area contributed by atoms with Gasteiger partial charge in [-0.15, -0.1) is 11.8 Å². The first-order valence-electron chi connectivity index (χ1n) is 6.55. The third-order valence-electron chi connectivity index (χ3n) is 2.68. The molecular formula is C15H16N2O4S. The van der Waals surface area contributed by atoms with E-state index < -0.39 is 6.03 Å². The number of rotatable bonds is 6. The molecule has 7 heteroatoms. The smallest absolute Gasteiger partial charge is 0.321 e. The van der Waals surface area contributed by atoms with Crippen LogP contribution >= 0.6 is 11.8 Å². The van der Waals surface area contributed by atoms with Crippen LogP contribution < -0.4 is 15.4 Å². The van der Waals surface area contributed by atoms with Crippen LogP contribution in [-0.4, -0.2) is 24.8 Å². The van der Waals surface area contributed by atoms with Crippen molar-refractivity contribution in [3.63, 3.8) is 0 Å². The van der Waals surface area contributed by atoms with Gasteiger partial charge in [-0.05, 0) is 24.3 Å². The molecule has 0 bridgehead atoms. The Labute approximate surface area is 132 Å². The van der Waals surface area contributed by atoms with Crippen molar-refractivity contribution in [2.24, 2.45) is 0 Å². The third-order valence-corrected chi connectivity index (χ3v) is 3.74. The van der Waals surface area contributed by atoms with Crippen LogP contribution in [-0.2, 0) is 11.3 Å². The number of methoxy groups -OCH3 is 1. The lowest BCUT2D eigenvalue weighted by molar-refractivity contribution is -0.117. The minimum atomic E-state index is -0.554. The van der Waals surface area contributed by atoms with Crippen LogP contribution in [0.2, 0.25) is 0 Å². The molecule has 116 valence electrons. The van der Waals surface area contributed by atoms with Crippen molar-refractivity contribution < 1.29 is 18.7 Å². The predicted molar refractivity (Wildman–Crippen MR) is 82.8 cm³/mol. The molecule has 0 spiro atoms. The Balaban J connectivity index is 1.74. The molecule has 2 rings (SSSR count). The monoisotopic (exact) mass is 320 g/mol. The summed E-state index contributed by atoms with van der Waals surface area (Å²) in [5.74, 6) is 1.05. The zero-order chi connectivity index (χ0) is 15.8. The van der Waals surface area contributed by atoms with E-state index in [0.717, 1.165) is 4.90 Å². The Bertz CT molecular complexity index is 628. The van der Waals surface area contributed by atoms with Crippen molar-refractivity contribution in [1.82, 2.24) is 10.6 Å². The van der Waals surface area contributed by atoms with Gasteiger partial charge in [0.1, 0.15) is 11.5 Å². The molecule has 0 atom stereocenters. The van der Waals surface area contributed by atoms with Gasteiger partial charge in [-0.1, -0.05) is 12.1 Å². The number of urea groups is 1. The quantitative estimate of drug-likeness (QED) is 0.799. The normalized spacial score (nSPS) is 10.0. The average Bonchev–Trinajstić information content (AvgIpc) is 3.04. The van der Waals surface area contributed by atoms with Gasteiger partial charge in [-0.2, -0.15) is 0 Å². The summed E-state index contributed by atoms with van der Waals surface area (Å²) in [7, 11) is 1.57. The summed E-state index contributed by atoms with van der Waals surface area (Å²) in [6, 6.07) is 10.3. The van der Waals surface area contributed by atoms with E-state index in [0.29, 0.717) is 11.5 Å². The van der Waals surface area contributed by atoms with Crippen molar-refractivity contribution in [1.29, 1.82) is 0 Å². The zero-order valence-corrected chi connectivity index (χ0v) is 12.8. The second-order valence-corrected chi connectivity index (χ2v) is 5.27. The Morgan fingerprint density at radius 2 is 2.05 bits per heavy atom. The number of benzene rings is 1. The van der Waals surface area contributed by atoms with Gasteiger partial charge in [0.15, 0.2) is 0 Å². The van der Waals surface area contributed by atoms with Gasteiger partial charge in [0.25, 0.3) is 0 Å². The molecule has 6 nitrogen and oxygen atoms in total. The van der Waals surface area contributed by atoms with Crippen molar-refractivity contribution >= 4 is 23.7 Å². The first-order valence-corrected chi connectivity index (χ1v) is 7.53. The van der Waals surface area contributed by atoms with E-state index in [-0.39, 0.29) is 18.2 Å². The van der Waals surface area contributed by atoms with E-state index in [1.807, 2.05) is 24.3 Å². The molecule has 2 N–H and O–H groups in total. The largest absolute Gasteiger partial charge is 0.496 e. The predicted octanol–water partition coefficient (Wildman–Crippen LogP) is 2.41. The standard InChI is InChI=1S/C15H16N2O4S/c1-20-12-6-2-3-7-13(12)22-10-14(18)17-15(19)16-9-11-5-4-8-21-11/h2-8H,9-10H2,1H3,(H2,16,17,18,19). The Morgan fingerprint density at radius 3 is 2.77 bits per heavy atom. The van der Waals surface area contributed by atoms with Crippen LogP contribution in [0.4, 0.5) is 4.79 Å². The van der Waals surface area contributed by atoms with Crippen molar-refractivity contribution in [2.45, 2.75) is 11.4 Å². The Morgan fingerprint density at radius 1 is 1.23 bits per heavy atom. The number of ether oxygens (including phenoxy) is 1. The topological polar surface area (TPSA) is 80.6 Å². The minimum Gasteiger partial charge on any atom is -0.496 e. The van der Waals surface area contributed by atoms with Gasteiger partial charge in [0.2, 0.25) is 5.91 Å². The number of carbonyl (C=O) groups is 2. The first-order chi connectivity index (χ1) is 10.7. The fourth-order valence-electron chi connectivity index (χ4n) is 1.67. The van der Waals surface area contributed by atoms with E-state index >= 15 is 0 Å². The van der Waals surface area contributed by atoms with Crippen molar-refractivity contribution in [3.05, 3.63) is 48.4 Å². The fraction of sp³-hybridized carbons (Fsp3) is 0.200. The molecule has 0 aliphatic rings. The molecule has 0 aliphatic carbocycles. The summed E-state index contributed by atoms with van der Waals surface area (Å²) in [5.41, 5.74) is 0. The first kappa shape index (κ1) is 16.0. The highest BCUT2D eigenvalue weighted by Crippen LogP contribution is 2.28. The van der Waals surface area contributed by atoms with Gasteiger partial charge >= 0.3 is 6.03 Å². The molecule has 0 saturated heterocycles. The van der Waals surface area contributed by atoms with Crippen LogP contribution in [0.5, 0.6) is 5.75 Å². The number of hydrogen-bond acceptors (Lipinski definition) is 5. The van der Waals surface area contributed by atoms with Crippen molar-refractivity contribution in [2.75, 3.05) is 12.9 Å². The summed E-state index contributed by atoms with van der Waals surface area (Å²) in [6.45, 7) is 0.228. The van der Waals surface area contributed by atoms with Crippen LogP contribution in [0.15, 0.2) is 52.0 Å². The lowest BCUT2D eigenvalue weighted by Gasteiger charge is -2.08. The second kappa shape index (κ2) is 8.14. The molecule has 0 radical (unpaired) electrons. The average molecular weight is 320 g/mol. The maximum Gasteiger partial charge on any atom is 0.321 e. The molecule has 0 saturated carbocycles. The van der Waals surface area contributed by atoms with E-state index in [9.17, 15) is 9.59 Å². The van der Waals surface area contributed by atoms with Crippen molar-refractivity contribution in [3.8, 4) is 5.75 Å². The lowest BCUT2D eigenvalue weighted by Crippen LogP contribution is -2.39. The molecule has 2 aromatic rings. The van der Waals surface area contributed by atoms with E-state index in [2.05, 4.69) is 10.6 Å². The van der Waals surface area contributed by atoms with Crippen LogP contribution in [0.25, 0.3) is 0 Å². The summed E-state index contributed by atoms with van der Waals surface area (Å²) < 4.78 is 10.3. The number of thioether (sulfide) groups is 1. The molecular weight excluding hydrogens is 304 g/mol. The minimum absolute atomic E-state index is 0.120. The summed E-state index contributed by atoms with van der Waals surface area (Å²) in [4.78, 5) is 24.1. The molecule has 3 amide bonds. The fourth-order valence-corrected chi connectivity index (χ4v) is 2.50. The zero-order valence-electron chi connectivity index (χ0n) is 12.0. The number of amides is 3. The molecule has 1 heterocycles. The van der Waals surface area contributed by atoms with Gasteiger partial charge < -0.3 is 14.5 Å². The highest BCUT2D eigenvalue weighted by molar-refractivity contribution is 8.00. The van der Waals surface area contributed by atoms with Gasteiger partial charge in [0, 0.05) is 4.90 Å². The van der Waals surface area contributed by atoms with E-state index in [4.69, 9.17) is 9.15 Å². The number of furan rings is 1. The van der Waals surface area contributed by atoms with Crippen LogP contribution in [0.3, 0.4) is 0 Å². The Hall–Kier alpha value is -2.41. The third kappa shape index (κ3) is 4.85. The lowest BCUT2D eigenvalue weighted by atomic mass is 10.3. The van der Waals surface area contributed by atoms with Crippen LogP contribution in [0.1, 0.15) is 5.76 Å². The highest BCUT2D eigenvalue weighted by atomic mass is 32.2. The molecule has 22 heavy (non-hydrogen) atoms. The summed E-state index contributed by atoms with van der Waals surface area (Å²) in [5, 5.41) is 4.80. The maximum atomic E-state index is 11.7. The second-order valence-electron chi connectivity index (χ2n) is 4.25. The molecule has 1 aromatic carbocycles. The van der Waals surface area contributed by atoms with E-state index in [1.165, 1.54) is 18.0 Å². The maximum absolute atomic E-state index is 11.7. The summed E-state index contributed by atoms with van der Waals surface area (Å²) >= 11 is 1.30.